The second kappa shape index (κ2) is 8.95. The van der Waals surface area contributed by atoms with Crippen molar-refractivity contribution in [2.24, 2.45) is 7.05 Å². The molecule has 2 heterocycles. The molecule has 4 rings (SSSR count). The van der Waals surface area contributed by atoms with Crippen LogP contribution in [0.2, 0.25) is 0 Å². The van der Waals surface area contributed by atoms with Crippen molar-refractivity contribution in [1.82, 2.24) is 19.8 Å². The van der Waals surface area contributed by atoms with E-state index in [1.54, 1.807) is 25.1 Å². The second-order valence-electron chi connectivity index (χ2n) is 7.56. The number of carbonyl (C=O) groups excluding carboxylic acids is 1. The Hall–Kier alpha value is -3.74. The number of aromatic nitrogens is 3. The molecular formula is C24H24N4O3. The number of hydrogen-bond donors (Lipinski definition) is 0. The van der Waals surface area contributed by atoms with Crippen LogP contribution in [0, 0.1) is 0 Å². The molecule has 158 valence electrons. The number of benzene rings is 2. The van der Waals surface area contributed by atoms with E-state index in [1.807, 2.05) is 54.6 Å². The van der Waals surface area contributed by atoms with E-state index in [0.717, 1.165) is 28.8 Å². The molecule has 0 bridgehead atoms. The minimum Gasteiger partial charge on any atom is -0.361 e. The van der Waals surface area contributed by atoms with Crippen LogP contribution in [-0.4, -0.2) is 39.3 Å². The average molecular weight is 416 g/mol. The normalized spacial score (nSPS) is 11.0. The SMILES string of the molecule is CN(CCCc1cc(-c2ccccc2)no1)C(=O)Cc1nn(C)c(=O)c2ccccc12. The topological polar surface area (TPSA) is 81.2 Å². The molecule has 0 N–H and O–H groups in total. The summed E-state index contributed by atoms with van der Waals surface area (Å²) in [5, 5.41) is 9.74. The zero-order valence-electron chi connectivity index (χ0n) is 17.6. The predicted molar refractivity (Wildman–Crippen MR) is 119 cm³/mol. The molecule has 31 heavy (non-hydrogen) atoms. The van der Waals surface area contributed by atoms with Gasteiger partial charge in [0.2, 0.25) is 5.91 Å². The van der Waals surface area contributed by atoms with Gasteiger partial charge in [-0.1, -0.05) is 53.7 Å². The van der Waals surface area contributed by atoms with E-state index in [9.17, 15) is 9.59 Å². The number of rotatable bonds is 7. The average Bonchev–Trinajstić information content (AvgIpc) is 3.27. The van der Waals surface area contributed by atoms with E-state index in [1.165, 1.54) is 4.68 Å². The third kappa shape index (κ3) is 4.55. The van der Waals surface area contributed by atoms with Crippen molar-refractivity contribution < 1.29 is 9.32 Å². The first kappa shape index (κ1) is 20.5. The summed E-state index contributed by atoms with van der Waals surface area (Å²) in [5.74, 6) is 0.754. The smallest absolute Gasteiger partial charge is 0.274 e. The summed E-state index contributed by atoms with van der Waals surface area (Å²) in [6.07, 6.45) is 1.59. The molecular weight excluding hydrogens is 392 g/mol. The van der Waals surface area contributed by atoms with Crippen LogP contribution in [0.15, 0.2) is 70.0 Å². The fourth-order valence-electron chi connectivity index (χ4n) is 3.58. The zero-order chi connectivity index (χ0) is 21.8. The molecule has 0 aliphatic carbocycles. The van der Waals surface area contributed by atoms with Crippen LogP contribution in [-0.2, 0) is 24.7 Å². The summed E-state index contributed by atoms with van der Waals surface area (Å²) in [5.41, 5.74) is 2.27. The van der Waals surface area contributed by atoms with Crippen LogP contribution in [0.3, 0.4) is 0 Å². The van der Waals surface area contributed by atoms with Crippen LogP contribution in [0.25, 0.3) is 22.0 Å². The molecule has 0 aliphatic rings. The Labute approximate surface area is 179 Å². The molecule has 7 nitrogen and oxygen atoms in total. The Bertz CT molecular complexity index is 1260. The molecule has 0 fully saturated rings. The highest BCUT2D eigenvalue weighted by atomic mass is 16.5. The van der Waals surface area contributed by atoms with E-state index in [4.69, 9.17) is 4.52 Å². The summed E-state index contributed by atoms with van der Waals surface area (Å²) >= 11 is 0. The molecule has 2 aromatic carbocycles. The van der Waals surface area contributed by atoms with Crippen molar-refractivity contribution in [1.29, 1.82) is 0 Å². The van der Waals surface area contributed by atoms with Crippen LogP contribution < -0.4 is 5.56 Å². The van der Waals surface area contributed by atoms with Crippen LogP contribution in [0.4, 0.5) is 0 Å². The number of fused-ring (bicyclic) bond motifs is 1. The predicted octanol–water partition coefficient (Wildman–Crippen LogP) is 3.22. The van der Waals surface area contributed by atoms with Gasteiger partial charge in [0.25, 0.3) is 5.56 Å². The summed E-state index contributed by atoms with van der Waals surface area (Å²) < 4.78 is 6.72. The van der Waals surface area contributed by atoms with Gasteiger partial charge < -0.3 is 9.42 Å². The number of nitrogens with zero attached hydrogens (tertiary/aromatic N) is 4. The molecule has 0 saturated heterocycles. The maximum atomic E-state index is 12.7. The van der Waals surface area contributed by atoms with Gasteiger partial charge >= 0.3 is 0 Å². The summed E-state index contributed by atoms with van der Waals surface area (Å²) in [6, 6.07) is 19.1. The Kier molecular flexibility index (Phi) is 5.93. The number of hydrogen-bond acceptors (Lipinski definition) is 5. The summed E-state index contributed by atoms with van der Waals surface area (Å²) in [7, 11) is 3.38. The molecule has 7 heteroatoms. The van der Waals surface area contributed by atoms with Crippen molar-refractivity contribution in [3.63, 3.8) is 0 Å². The Morgan fingerprint density at radius 1 is 1.06 bits per heavy atom. The highest BCUT2D eigenvalue weighted by Crippen LogP contribution is 2.19. The summed E-state index contributed by atoms with van der Waals surface area (Å²) in [4.78, 5) is 26.7. The fourth-order valence-corrected chi connectivity index (χ4v) is 3.58. The van der Waals surface area contributed by atoms with Gasteiger partial charge in [-0.05, 0) is 12.5 Å². The van der Waals surface area contributed by atoms with Gasteiger partial charge in [0.15, 0.2) is 0 Å². The van der Waals surface area contributed by atoms with Gasteiger partial charge in [0.1, 0.15) is 11.5 Å². The lowest BCUT2D eigenvalue weighted by atomic mass is 10.1. The van der Waals surface area contributed by atoms with Gasteiger partial charge in [-0.3, -0.25) is 9.59 Å². The number of amides is 1. The van der Waals surface area contributed by atoms with Crippen molar-refractivity contribution in [3.8, 4) is 11.3 Å². The molecule has 0 spiro atoms. The van der Waals surface area contributed by atoms with Crippen molar-refractivity contribution >= 4 is 16.7 Å². The van der Waals surface area contributed by atoms with Gasteiger partial charge in [0, 0.05) is 44.1 Å². The van der Waals surface area contributed by atoms with Crippen LogP contribution in [0.5, 0.6) is 0 Å². The molecule has 2 aromatic heterocycles. The monoisotopic (exact) mass is 416 g/mol. The van der Waals surface area contributed by atoms with Crippen LogP contribution >= 0.6 is 0 Å². The third-order valence-electron chi connectivity index (χ3n) is 5.32. The van der Waals surface area contributed by atoms with E-state index >= 15 is 0 Å². The Balaban J connectivity index is 1.36. The third-order valence-corrected chi connectivity index (χ3v) is 5.32. The Morgan fingerprint density at radius 2 is 1.77 bits per heavy atom. The van der Waals surface area contributed by atoms with Crippen molar-refractivity contribution in [3.05, 3.63) is 82.5 Å². The quantitative estimate of drug-likeness (QED) is 0.462. The first-order valence-electron chi connectivity index (χ1n) is 10.2. The molecule has 0 unspecified atom stereocenters. The molecule has 0 saturated carbocycles. The zero-order valence-corrected chi connectivity index (χ0v) is 17.6. The van der Waals surface area contributed by atoms with E-state index in [-0.39, 0.29) is 17.9 Å². The highest BCUT2D eigenvalue weighted by Gasteiger charge is 2.15. The minimum absolute atomic E-state index is 0.0427. The highest BCUT2D eigenvalue weighted by molar-refractivity contribution is 5.88. The summed E-state index contributed by atoms with van der Waals surface area (Å²) in [6.45, 7) is 0.587. The minimum atomic E-state index is -0.165. The maximum Gasteiger partial charge on any atom is 0.274 e. The van der Waals surface area contributed by atoms with E-state index in [0.29, 0.717) is 24.0 Å². The molecule has 0 aliphatic heterocycles. The Morgan fingerprint density at radius 3 is 2.55 bits per heavy atom. The first-order chi connectivity index (χ1) is 15.0. The molecule has 4 aromatic rings. The number of likely N-dealkylation sites (N-methyl/N-ethyl adjacent to an activating group) is 1. The van der Waals surface area contributed by atoms with Gasteiger partial charge in [0.05, 0.1) is 17.5 Å². The lowest BCUT2D eigenvalue weighted by Gasteiger charge is -2.17. The van der Waals surface area contributed by atoms with E-state index < -0.39 is 0 Å². The molecule has 1 amide bonds. The second-order valence-corrected chi connectivity index (χ2v) is 7.56. The first-order valence-corrected chi connectivity index (χ1v) is 10.2. The lowest BCUT2D eigenvalue weighted by Crippen LogP contribution is -2.31. The molecule has 0 radical (unpaired) electrons. The van der Waals surface area contributed by atoms with Crippen molar-refractivity contribution in [2.75, 3.05) is 13.6 Å². The van der Waals surface area contributed by atoms with Gasteiger partial charge in [-0.2, -0.15) is 5.10 Å². The standard InChI is InChI=1S/C24H24N4O3/c1-27(14-8-11-18-15-21(26-31-18)17-9-4-3-5-10-17)23(29)16-22-19-12-6-7-13-20(19)24(30)28(2)25-22/h3-7,9-10,12-13,15H,8,11,14,16H2,1-2H3. The largest absolute Gasteiger partial charge is 0.361 e. The maximum absolute atomic E-state index is 12.7. The number of aryl methyl sites for hydroxylation is 2. The van der Waals surface area contributed by atoms with E-state index in [2.05, 4.69) is 10.3 Å². The van der Waals surface area contributed by atoms with Gasteiger partial charge in [-0.25, -0.2) is 4.68 Å². The fraction of sp³-hybridized carbons (Fsp3) is 0.250. The lowest BCUT2D eigenvalue weighted by molar-refractivity contribution is -0.129. The van der Waals surface area contributed by atoms with Crippen LogP contribution in [0.1, 0.15) is 17.9 Å². The molecule has 0 atom stereocenters. The van der Waals surface area contributed by atoms with Crippen molar-refractivity contribution in [2.45, 2.75) is 19.3 Å². The van der Waals surface area contributed by atoms with Gasteiger partial charge in [-0.15, -0.1) is 0 Å². The number of carbonyl (C=O) groups is 1.